The number of pyridine rings is 1. The Morgan fingerprint density at radius 1 is 1.29 bits per heavy atom. The van der Waals surface area contributed by atoms with Gasteiger partial charge < -0.3 is 4.40 Å². The summed E-state index contributed by atoms with van der Waals surface area (Å²) in [5, 5.41) is 0. The van der Waals surface area contributed by atoms with Crippen LogP contribution in [0.1, 0.15) is 32.2 Å². The Bertz CT molecular complexity index is 461. The minimum Gasteiger partial charge on any atom is -0.303 e. The van der Waals surface area contributed by atoms with Crippen molar-refractivity contribution in [3.63, 3.8) is 0 Å². The first kappa shape index (κ1) is 9.25. The number of fused-ring (bicyclic) bond motifs is 1. The van der Waals surface area contributed by atoms with E-state index in [2.05, 4.69) is 55.4 Å². The molecule has 0 N–H and O–H groups in total. The molecular formula is C12H16N2. The first-order valence-corrected chi connectivity index (χ1v) is 4.93. The summed E-state index contributed by atoms with van der Waals surface area (Å²) in [5.41, 5.74) is 2.55. The van der Waals surface area contributed by atoms with Gasteiger partial charge in [0.1, 0.15) is 5.82 Å². The maximum Gasteiger partial charge on any atom is 0.118 e. The summed E-state index contributed by atoms with van der Waals surface area (Å²) in [4.78, 5) is 4.47. The monoisotopic (exact) mass is 188 g/mol. The second-order valence-electron chi connectivity index (χ2n) is 4.83. The Kier molecular flexibility index (Phi) is 1.88. The van der Waals surface area contributed by atoms with Crippen molar-refractivity contribution in [2.75, 3.05) is 0 Å². The predicted octanol–water partition coefficient (Wildman–Crippen LogP) is 2.94. The fraction of sp³-hybridized carbons (Fsp3) is 0.417. The molecule has 0 fully saturated rings. The number of hydrogen-bond donors (Lipinski definition) is 0. The van der Waals surface area contributed by atoms with E-state index in [1.165, 1.54) is 11.1 Å². The molecule has 0 atom stereocenters. The average molecular weight is 188 g/mol. The second kappa shape index (κ2) is 2.84. The molecule has 0 radical (unpaired) electrons. The summed E-state index contributed by atoms with van der Waals surface area (Å²) in [6, 6.07) is 4.27. The van der Waals surface area contributed by atoms with Crippen molar-refractivity contribution in [1.82, 2.24) is 9.38 Å². The van der Waals surface area contributed by atoms with Crippen LogP contribution in [0.5, 0.6) is 0 Å². The van der Waals surface area contributed by atoms with Crippen LogP contribution in [0.2, 0.25) is 0 Å². The van der Waals surface area contributed by atoms with Gasteiger partial charge in [-0.15, -0.1) is 0 Å². The van der Waals surface area contributed by atoms with Crippen molar-refractivity contribution in [1.29, 1.82) is 0 Å². The maximum atomic E-state index is 4.47. The van der Waals surface area contributed by atoms with E-state index in [9.17, 15) is 0 Å². The van der Waals surface area contributed by atoms with Crippen LogP contribution in [0.4, 0.5) is 0 Å². The number of hydrogen-bond acceptors (Lipinski definition) is 1. The number of aryl methyl sites for hydroxylation is 1. The van der Waals surface area contributed by atoms with E-state index < -0.39 is 0 Å². The molecule has 0 aliphatic rings. The third-order valence-electron chi connectivity index (χ3n) is 2.36. The van der Waals surface area contributed by atoms with Crippen LogP contribution in [0.25, 0.3) is 5.52 Å². The van der Waals surface area contributed by atoms with Crippen molar-refractivity contribution in [3.05, 3.63) is 35.9 Å². The Morgan fingerprint density at radius 2 is 2.00 bits per heavy atom. The van der Waals surface area contributed by atoms with Crippen molar-refractivity contribution in [3.8, 4) is 0 Å². The second-order valence-corrected chi connectivity index (χ2v) is 4.83. The molecule has 0 unspecified atom stereocenters. The standard InChI is InChI=1S/C12H16N2/c1-9-5-6-14-10(7-9)8-13-11(14)12(2,3)4/h5-8H,1-4H3. The Morgan fingerprint density at radius 3 is 2.64 bits per heavy atom. The van der Waals surface area contributed by atoms with E-state index in [0.29, 0.717) is 0 Å². The van der Waals surface area contributed by atoms with Crippen LogP contribution in [0.3, 0.4) is 0 Å². The lowest BCUT2D eigenvalue weighted by atomic mass is 9.96. The molecule has 0 bridgehead atoms. The van der Waals surface area contributed by atoms with E-state index in [1.807, 2.05) is 6.20 Å². The topological polar surface area (TPSA) is 17.3 Å². The minimum absolute atomic E-state index is 0.0989. The SMILES string of the molecule is Cc1ccn2c(C(C)(C)C)ncc2c1. The van der Waals surface area contributed by atoms with Gasteiger partial charge in [-0.1, -0.05) is 20.8 Å². The fourth-order valence-electron chi connectivity index (χ4n) is 1.67. The zero-order chi connectivity index (χ0) is 10.3. The quantitative estimate of drug-likeness (QED) is 0.621. The van der Waals surface area contributed by atoms with Gasteiger partial charge in [-0.05, 0) is 24.6 Å². The van der Waals surface area contributed by atoms with Crippen LogP contribution < -0.4 is 0 Å². The predicted molar refractivity (Wildman–Crippen MR) is 58.6 cm³/mol. The van der Waals surface area contributed by atoms with Gasteiger partial charge in [0.05, 0.1) is 11.7 Å². The molecule has 0 aromatic carbocycles. The van der Waals surface area contributed by atoms with Crippen LogP contribution in [-0.2, 0) is 5.41 Å². The minimum atomic E-state index is 0.0989. The average Bonchev–Trinajstić information content (AvgIpc) is 2.45. The number of aromatic nitrogens is 2. The van der Waals surface area contributed by atoms with E-state index in [1.54, 1.807) is 0 Å². The molecule has 74 valence electrons. The van der Waals surface area contributed by atoms with Gasteiger partial charge >= 0.3 is 0 Å². The summed E-state index contributed by atoms with van der Waals surface area (Å²) < 4.78 is 2.16. The van der Waals surface area contributed by atoms with Gasteiger partial charge in [0.15, 0.2) is 0 Å². The number of nitrogens with zero attached hydrogens (tertiary/aromatic N) is 2. The highest BCUT2D eigenvalue weighted by molar-refractivity contribution is 5.48. The summed E-state index contributed by atoms with van der Waals surface area (Å²) in [6.45, 7) is 8.65. The molecule has 0 aliphatic carbocycles. The lowest BCUT2D eigenvalue weighted by molar-refractivity contribution is 0.543. The third-order valence-corrected chi connectivity index (χ3v) is 2.36. The van der Waals surface area contributed by atoms with Crippen molar-refractivity contribution >= 4 is 5.52 Å². The van der Waals surface area contributed by atoms with E-state index in [-0.39, 0.29) is 5.41 Å². The van der Waals surface area contributed by atoms with Gasteiger partial charge in [0, 0.05) is 11.6 Å². The normalized spacial score (nSPS) is 12.3. The van der Waals surface area contributed by atoms with Crippen molar-refractivity contribution < 1.29 is 0 Å². The van der Waals surface area contributed by atoms with Crippen molar-refractivity contribution in [2.24, 2.45) is 0 Å². The largest absolute Gasteiger partial charge is 0.303 e. The fourth-order valence-corrected chi connectivity index (χ4v) is 1.67. The molecule has 0 aliphatic heterocycles. The molecule has 2 heteroatoms. The van der Waals surface area contributed by atoms with Crippen LogP contribution in [0, 0.1) is 6.92 Å². The third kappa shape index (κ3) is 1.41. The zero-order valence-electron chi connectivity index (χ0n) is 9.20. The van der Waals surface area contributed by atoms with E-state index >= 15 is 0 Å². The molecule has 0 saturated carbocycles. The Hall–Kier alpha value is -1.31. The molecular weight excluding hydrogens is 172 g/mol. The molecule has 14 heavy (non-hydrogen) atoms. The molecule has 0 saturated heterocycles. The summed E-state index contributed by atoms with van der Waals surface area (Å²) in [5.74, 6) is 1.12. The van der Waals surface area contributed by atoms with Gasteiger partial charge in [-0.3, -0.25) is 0 Å². The maximum absolute atomic E-state index is 4.47. The van der Waals surface area contributed by atoms with Crippen LogP contribution in [0.15, 0.2) is 24.5 Å². The first-order valence-electron chi connectivity index (χ1n) is 4.93. The van der Waals surface area contributed by atoms with Gasteiger partial charge in [-0.2, -0.15) is 0 Å². The summed E-state index contributed by atoms with van der Waals surface area (Å²) in [6.07, 6.45) is 4.03. The molecule has 2 heterocycles. The lowest BCUT2D eigenvalue weighted by Crippen LogP contribution is -2.15. The van der Waals surface area contributed by atoms with Gasteiger partial charge in [0.25, 0.3) is 0 Å². The lowest BCUT2D eigenvalue weighted by Gasteiger charge is -2.16. The summed E-state index contributed by atoms with van der Waals surface area (Å²) in [7, 11) is 0. The Labute approximate surface area is 84.6 Å². The molecule has 2 rings (SSSR count). The number of imidazole rings is 1. The first-order chi connectivity index (χ1) is 6.48. The van der Waals surface area contributed by atoms with Gasteiger partial charge in [0.2, 0.25) is 0 Å². The van der Waals surface area contributed by atoms with Crippen LogP contribution in [-0.4, -0.2) is 9.38 Å². The van der Waals surface area contributed by atoms with Gasteiger partial charge in [-0.25, -0.2) is 4.98 Å². The van der Waals surface area contributed by atoms with Crippen LogP contribution >= 0.6 is 0 Å². The van der Waals surface area contributed by atoms with E-state index in [0.717, 1.165) is 5.82 Å². The molecule has 2 aromatic rings. The zero-order valence-corrected chi connectivity index (χ0v) is 9.20. The highest BCUT2D eigenvalue weighted by atomic mass is 15.0. The molecule has 2 aromatic heterocycles. The van der Waals surface area contributed by atoms with E-state index in [4.69, 9.17) is 0 Å². The number of rotatable bonds is 0. The Balaban J connectivity index is 2.70. The molecule has 0 spiro atoms. The molecule has 0 amide bonds. The highest BCUT2D eigenvalue weighted by Crippen LogP contribution is 2.22. The molecule has 2 nitrogen and oxygen atoms in total. The summed E-state index contributed by atoms with van der Waals surface area (Å²) >= 11 is 0. The van der Waals surface area contributed by atoms with Crippen molar-refractivity contribution in [2.45, 2.75) is 33.1 Å². The smallest absolute Gasteiger partial charge is 0.118 e. The highest BCUT2D eigenvalue weighted by Gasteiger charge is 2.19.